The summed E-state index contributed by atoms with van der Waals surface area (Å²) in [5, 5.41) is 11.3. The summed E-state index contributed by atoms with van der Waals surface area (Å²) in [4.78, 5) is 21.8. The number of rotatable bonds is 2. The molecule has 1 amide bonds. The summed E-state index contributed by atoms with van der Waals surface area (Å²) in [6, 6.07) is 8.96. The molecular weight excluding hydrogens is 415 g/mol. The van der Waals surface area contributed by atoms with E-state index in [-0.39, 0.29) is 18.2 Å². The Morgan fingerprint density at radius 3 is 2.72 bits per heavy atom. The molecule has 3 atom stereocenters. The molecule has 1 aliphatic heterocycles. The van der Waals surface area contributed by atoms with Crippen LogP contribution in [0.4, 0.5) is 4.79 Å². The van der Waals surface area contributed by atoms with Gasteiger partial charge >= 0.3 is 6.09 Å². The molecular formula is C20H18Cl2N4O3. The number of carboxylic acid groups (broad SMARTS) is 1. The second-order valence-electron chi connectivity index (χ2n) is 7.37. The van der Waals surface area contributed by atoms with E-state index in [1.54, 1.807) is 15.5 Å². The average Bonchev–Trinajstić information content (AvgIpc) is 3.31. The summed E-state index contributed by atoms with van der Waals surface area (Å²) >= 11 is 12.6. The van der Waals surface area contributed by atoms with Crippen LogP contribution in [0.15, 0.2) is 36.7 Å². The van der Waals surface area contributed by atoms with Gasteiger partial charge in [-0.3, -0.25) is 9.47 Å². The number of halogens is 2. The van der Waals surface area contributed by atoms with Gasteiger partial charge in [-0.1, -0.05) is 35.3 Å². The van der Waals surface area contributed by atoms with Crippen LogP contribution in [0.1, 0.15) is 30.9 Å². The molecule has 3 aromatic rings. The minimum absolute atomic E-state index is 0.0103. The third kappa shape index (κ3) is 3.04. The molecule has 1 aromatic carbocycles. The molecule has 0 spiro atoms. The summed E-state index contributed by atoms with van der Waals surface area (Å²) in [7, 11) is 0. The van der Waals surface area contributed by atoms with Gasteiger partial charge in [0.2, 0.25) is 0 Å². The zero-order chi connectivity index (χ0) is 20.1. The normalized spacial score (nSPS) is 24.1. The molecule has 1 saturated heterocycles. The number of nitrogens with zero attached hydrogens (tertiary/aromatic N) is 4. The van der Waals surface area contributed by atoms with Gasteiger partial charge in [0.25, 0.3) is 0 Å². The monoisotopic (exact) mass is 432 g/mol. The fourth-order valence-corrected chi connectivity index (χ4v) is 4.99. The van der Waals surface area contributed by atoms with Gasteiger partial charge in [-0.05, 0) is 43.0 Å². The minimum atomic E-state index is -0.898. The quantitative estimate of drug-likeness (QED) is 0.593. The Morgan fingerprint density at radius 2 is 1.97 bits per heavy atom. The van der Waals surface area contributed by atoms with Gasteiger partial charge < -0.3 is 9.84 Å². The van der Waals surface area contributed by atoms with E-state index in [9.17, 15) is 9.90 Å². The van der Waals surface area contributed by atoms with Crippen molar-refractivity contribution >= 4 is 40.3 Å². The van der Waals surface area contributed by atoms with Crippen LogP contribution in [-0.4, -0.2) is 49.4 Å². The first-order valence-corrected chi connectivity index (χ1v) is 10.2. The number of ether oxygens (including phenoxy) is 1. The van der Waals surface area contributed by atoms with Crippen molar-refractivity contribution in [2.24, 2.45) is 0 Å². The lowest BCUT2D eigenvalue weighted by Gasteiger charge is -2.42. The van der Waals surface area contributed by atoms with E-state index in [4.69, 9.17) is 27.9 Å². The summed E-state index contributed by atoms with van der Waals surface area (Å²) < 4.78 is 7.76. The Morgan fingerprint density at radius 1 is 1.17 bits per heavy atom. The number of morpholine rings is 1. The largest absolute Gasteiger partial charge is 0.465 e. The van der Waals surface area contributed by atoms with Crippen LogP contribution in [0.3, 0.4) is 0 Å². The Balaban J connectivity index is 1.50. The van der Waals surface area contributed by atoms with Crippen molar-refractivity contribution in [2.75, 3.05) is 6.61 Å². The van der Waals surface area contributed by atoms with Crippen LogP contribution in [0, 0.1) is 0 Å². The first-order valence-electron chi connectivity index (χ1n) is 9.45. The highest BCUT2D eigenvalue weighted by Crippen LogP contribution is 2.38. The zero-order valence-electron chi connectivity index (χ0n) is 15.3. The standard InChI is InChI=1S/C20H18Cl2N4O3/c21-17-8-13-18(22)23-10-24-19(13)25(17)12-6-4-11(5-7-12)15-9-29-16-3-1-2-14(16)26(15)20(27)28/h4-8,10,14-16H,1-3,9H2,(H,27,28). The fraction of sp³-hybridized carbons (Fsp3) is 0.350. The summed E-state index contributed by atoms with van der Waals surface area (Å²) in [6.07, 6.45) is 3.27. The van der Waals surface area contributed by atoms with Crippen molar-refractivity contribution in [1.29, 1.82) is 0 Å². The van der Waals surface area contributed by atoms with Crippen molar-refractivity contribution in [1.82, 2.24) is 19.4 Å². The van der Waals surface area contributed by atoms with Gasteiger partial charge in [0.05, 0.1) is 30.2 Å². The van der Waals surface area contributed by atoms with E-state index in [0.29, 0.717) is 27.9 Å². The third-order valence-electron chi connectivity index (χ3n) is 5.84. The number of carbonyl (C=O) groups is 1. The second kappa shape index (κ2) is 7.16. The van der Waals surface area contributed by atoms with Gasteiger partial charge in [-0.2, -0.15) is 0 Å². The molecule has 1 aliphatic carbocycles. The molecule has 2 aliphatic rings. The van der Waals surface area contributed by atoms with Crippen LogP contribution < -0.4 is 0 Å². The van der Waals surface area contributed by atoms with Crippen molar-refractivity contribution in [3.8, 4) is 5.69 Å². The Hall–Kier alpha value is -2.35. The van der Waals surface area contributed by atoms with Gasteiger partial charge in [0.1, 0.15) is 16.6 Å². The molecule has 3 heterocycles. The molecule has 29 heavy (non-hydrogen) atoms. The smallest absolute Gasteiger partial charge is 0.408 e. The number of amides is 1. The maximum Gasteiger partial charge on any atom is 0.408 e. The van der Waals surface area contributed by atoms with Crippen molar-refractivity contribution < 1.29 is 14.6 Å². The molecule has 5 rings (SSSR count). The molecule has 1 saturated carbocycles. The van der Waals surface area contributed by atoms with Gasteiger partial charge in [0.15, 0.2) is 5.65 Å². The molecule has 2 aromatic heterocycles. The van der Waals surface area contributed by atoms with E-state index in [1.807, 2.05) is 24.3 Å². The van der Waals surface area contributed by atoms with Crippen molar-refractivity contribution in [3.63, 3.8) is 0 Å². The van der Waals surface area contributed by atoms with Gasteiger partial charge in [-0.15, -0.1) is 0 Å². The fourth-order valence-electron chi connectivity index (χ4n) is 4.52. The summed E-state index contributed by atoms with van der Waals surface area (Å²) in [6.45, 7) is 0.364. The van der Waals surface area contributed by atoms with Crippen molar-refractivity contribution in [2.45, 2.75) is 37.5 Å². The van der Waals surface area contributed by atoms with Gasteiger partial charge in [-0.25, -0.2) is 14.8 Å². The highest BCUT2D eigenvalue weighted by molar-refractivity contribution is 6.36. The number of fused-ring (bicyclic) bond motifs is 2. The molecule has 0 radical (unpaired) electrons. The van der Waals surface area contributed by atoms with Crippen LogP contribution in [0.5, 0.6) is 0 Å². The molecule has 9 heteroatoms. The third-order valence-corrected chi connectivity index (χ3v) is 6.42. The lowest BCUT2D eigenvalue weighted by atomic mass is 10.00. The summed E-state index contributed by atoms with van der Waals surface area (Å²) in [5.41, 5.74) is 2.31. The maximum atomic E-state index is 12.0. The first-order chi connectivity index (χ1) is 14.0. The summed E-state index contributed by atoms with van der Waals surface area (Å²) in [5.74, 6) is 0. The lowest BCUT2D eigenvalue weighted by Crippen LogP contribution is -2.52. The average molecular weight is 433 g/mol. The SMILES string of the molecule is O=C(O)N1C(c2ccc(-n3c(Cl)cc4c(Cl)ncnc43)cc2)COC2CCCC21. The second-order valence-corrected chi connectivity index (χ2v) is 8.12. The number of hydrogen-bond donors (Lipinski definition) is 1. The number of hydrogen-bond acceptors (Lipinski definition) is 4. The van der Waals surface area contributed by atoms with Crippen LogP contribution in [0.25, 0.3) is 16.7 Å². The minimum Gasteiger partial charge on any atom is -0.465 e. The van der Waals surface area contributed by atoms with E-state index in [2.05, 4.69) is 9.97 Å². The number of aromatic nitrogens is 3. The molecule has 3 unspecified atom stereocenters. The van der Waals surface area contributed by atoms with Crippen LogP contribution >= 0.6 is 23.2 Å². The molecule has 0 bridgehead atoms. The predicted octanol–water partition coefficient (Wildman–Crippen LogP) is 4.70. The molecule has 2 fully saturated rings. The van der Waals surface area contributed by atoms with E-state index < -0.39 is 6.09 Å². The van der Waals surface area contributed by atoms with E-state index in [1.165, 1.54) is 6.33 Å². The predicted molar refractivity (Wildman–Crippen MR) is 109 cm³/mol. The molecule has 150 valence electrons. The maximum absolute atomic E-state index is 12.0. The van der Waals surface area contributed by atoms with E-state index in [0.717, 1.165) is 30.5 Å². The van der Waals surface area contributed by atoms with Gasteiger partial charge in [0, 0.05) is 5.69 Å². The molecule has 1 N–H and O–H groups in total. The highest BCUT2D eigenvalue weighted by Gasteiger charge is 2.43. The lowest BCUT2D eigenvalue weighted by molar-refractivity contribution is -0.0794. The van der Waals surface area contributed by atoms with E-state index >= 15 is 0 Å². The van der Waals surface area contributed by atoms with Crippen LogP contribution in [-0.2, 0) is 4.74 Å². The number of benzene rings is 1. The Kier molecular flexibility index (Phi) is 4.61. The topological polar surface area (TPSA) is 80.5 Å². The zero-order valence-corrected chi connectivity index (χ0v) is 16.8. The Labute approximate surface area is 176 Å². The van der Waals surface area contributed by atoms with Crippen LogP contribution in [0.2, 0.25) is 10.3 Å². The Bertz CT molecular complexity index is 1090. The highest BCUT2D eigenvalue weighted by atomic mass is 35.5. The van der Waals surface area contributed by atoms with Crippen molar-refractivity contribution in [3.05, 3.63) is 52.5 Å². The molecule has 7 nitrogen and oxygen atoms in total. The first kappa shape index (κ1) is 18.7.